The van der Waals surface area contributed by atoms with E-state index in [0.717, 1.165) is 12.8 Å². The Kier molecular flexibility index (Phi) is 7.18. The molecular weight excluding hydrogens is 480 g/mol. The fourth-order valence-electron chi connectivity index (χ4n) is 5.84. The number of nitrogens with zero attached hydrogens (tertiary/aromatic N) is 2. The molecule has 3 aromatic rings. The average molecular weight is 513 g/mol. The van der Waals surface area contributed by atoms with E-state index in [4.69, 9.17) is 4.74 Å². The van der Waals surface area contributed by atoms with Crippen LogP contribution in [0.5, 0.6) is 11.5 Å². The Morgan fingerprint density at radius 1 is 0.789 bits per heavy atom. The van der Waals surface area contributed by atoms with Crippen molar-refractivity contribution >= 4 is 17.8 Å². The van der Waals surface area contributed by atoms with Gasteiger partial charge in [0.05, 0.1) is 11.1 Å². The molecule has 7 heteroatoms. The standard InChI is InChI=1S/C31H32N2O5/c1-20-16-24(17-21(2)28(20)31(36)37)29(34)32-14-12-22-18-33(19-23(22)13-15-32)30(35)26-10-6-7-11-27(26)38-25-8-4-3-5-9-25/h3-11,16-17,22-23H,12-15,18-19H2,1-2H3,(H,36,37)/t22-,23+. The highest BCUT2D eigenvalue weighted by molar-refractivity contribution is 5.98. The van der Waals surface area contributed by atoms with Gasteiger partial charge in [0.25, 0.3) is 11.8 Å². The molecule has 2 heterocycles. The predicted molar refractivity (Wildman–Crippen MR) is 144 cm³/mol. The summed E-state index contributed by atoms with van der Waals surface area (Å²) in [6.45, 7) is 6.03. The van der Waals surface area contributed by atoms with Crippen LogP contribution in [0.25, 0.3) is 0 Å². The molecule has 2 aliphatic heterocycles. The Labute approximate surface area is 222 Å². The van der Waals surface area contributed by atoms with Crippen molar-refractivity contribution in [3.05, 3.63) is 94.5 Å². The van der Waals surface area contributed by atoms with Gasteiger partial charge in [-0.05, 0) is 86.1 Å². The first-order valence-electron chi connectivity index (χ1n) is 13.1. The first-order valence-corrected chi connectivity index (χ1v) is 13.1. The van der Waals surface area contributed by atoms with Crippen LogP contribution in [-0.4, -0.2) is 58.9 Å². The van der Waals surface area contributed by atoms with Crippen LogP contribution in [0.1, 0.15) is 55.0 Å². The number of hydrogen-bond acceptors (Lipinski definition) is 4. The predicted octanol–water partition coefficient (Wildman–Crippen LogP) is 5.42. The molecule has 0 saturated carbocycles. The van der Waals surface area contributed by atoms with Crippen molar-refractivity contribution in [2.75, 3.05) is 26.2 Å². The molecule has 2 amide bonds. The van der Waals surface area contributed by atoms with E-state index in [2.05, 4.69) is 0 Å². The molecule has 3 aromatic carbocycles. The minimum Gasteiger partial charge on any atom is -0.478 e. The smallest absolute Gasteiger partial charge is 0.336 e. The minimum atomic E-state index is -0.977. The SMILES string of the molecule is Cc1cc(C(=O)N2CC[C@@H]3CN(C(=O)c4ccccc4Oc4ccccc4)C[C@@H]3CC2)cc(C)c1C(=O)O. The lowest BCUT2D eigenvalue weighted by Crippen LogP contribution is -2.34. The van der Waals surface area contributed by atoms with E-state index in [1.54, 1.807) is 26.0 Å². The number of likely N-dealkylation sites (tertiary alicyclic amines) is 2. The summed E-state index contributed by atoms with van der Waals surface area (Å²) in [5, 5.41) is 9.44. The fourth-order valence-corrected chi connectivity index (χ4v) is 5.84. The first kappa shape index (κ1) is 25.5. The monoisotopic (exact) mass is 512 g/mol. The number of para-hydroxylation sites is 2. The Balaban J connectivity index is 1.24. The summed E-state index contributed by atoms with van der Waals surface area (Å²) in [7, 11) is 0. The van der Waals surface area contributed by atoms with Crippen molar-refractivity contribution in [3.8, 4) is 11.5 Å². The third-order valence-corrected chi connectivity index (χ3v) is 7.77. The van der Waals surface area contributed by atoms with Gasteiger partial charge in [0.1, 0.15) is 11.5 Å². The van der Waals surface area contributed by atoms with E-state index >= 15 is 0 Å². The average Bonchev–Trinajstić information content (AvgIpc) is 3.21. The summed E-state index contributed by atoms with van der Waals surface area (Å²) in [6.07, 6.45) is 1.65. The second-order valence-electron chi connectivity index (χ2n) is 10.3. The number of carbonyl (C=O) groups excluding carboxylic acids is 2. The molecule has 7 nitrogen and oxygen atoms in total. The number of ether oxygens (including phenoxy) is 1. The van der Waals surface area contributed by atoms with Crippen LogP contribution in [0.3, 0.4) is 0 Å². The van der Waals surface area contributed by atoms with Gasteiger partial charge in [0, 0.05) is 31.7 Å². The topological polar surface area (TPSA) is 87.2 Å². The molecule has 2 aliphatic rings. The Bertz CT molecular complexity index is 1330. The third kappa shape index (κ3) is 5.14. The summed E-state index contributed by atoms with van der Waals surface area (Å²) in [5.41, 5.74) is 2.54. The quantitative estimate of drug-likeness (QED) is 0.493. The fraction of sp³-hybridized carbons (Fsp3) is 0.323. The molecule has 2 atom stereocenters. The van der Waals surface area contributed by atoms with Gasteiger partial charge in [-0.2, -0.15) is 0 Å². The van der Waals surface area contributed by atoms with E-state index < -0.39 is 5.97 Å². The molecule has 1 N–H and O–H groups in total. The number of fused-ring (bicyclic) bond motifs is 1. The highest BCUT2D eigenvalue weighted by atomic mass is 16.5. The molecule has 0 aliphatic carbocycles. The Morgan fingerprint density at radius 3 is 1.97 bits per heavy atom. The maximum atomic E-state index is 13.5. The summed E-state index contributed by atoms with van der Waals surface area (Å²) >= 11 is 0. The zero-order valence-electron chi connectivity index (χ0n) is 21.7. The number of hydrogen-bond donors (Lipinski definition) is 1. The molecule has 0 bridgehead atoms. The lowest BCUT2D eigenvalue weighted by Gasteiger charge is -2.23. The van der Waals surface area contributed by atoms with E-state index in [-0.39, 0.29) is 17.4 Å². The van der Waals surface area contributed by atoms with Crippen LogP contribution in [0, 0.1) is 25.7 Å². The van der Waals surface area contributed by atoms with Crippen molar-refractivity contribution in [2.45, 2.75) is 26.7 Å². The summed E-state index contributed by atoms with van der Waals surface area (Å²) in [5.74, 6) is 0.831. The minimum absolute atomic E-state index is 0.0259. The Hall–Kier alpha value is -4.13. The van der Waals surface area contributed by atoms with Crippen LogP contribution in [0.2, 0.25) is 0 Å². The van der Waals surface area contributed by atoms with Gasteiger partial charge in [-0.1, -0.05) is 30.3 Å². The van der Waals surface area contributed by atoms with Crippen molar-refractivity contribution < 1.29 is 24.2 Å². The van der Waals surface area contributed by atoms with Crippen molar-refractivity contribution in [3.63, 3.8) is 0 Å². The lowest BCUT2D eigenvalue weighted by atomic mass is 9.92. The molecule has 5 rings (SSSR count). The summed E-state index contributed by atoms with van der Waals surface area (Å²) in [4.78, 5) is 42.1. The van der Waals surface area contributed by atoms with E-state index in [1.807, 2.05) is 64.4 Å². The van der Waals surface area contributed by atoms with E-state index in [1.165, 1.54) is 0 Å². The number of aryl methyl sites for hydroxylation is 2. The highest BCUT2D eigenvalue weighted by Crippen LogP contribution is 2.35. The summed E-state index contributed by atoms with van der Waals surface area (Å²) in [6, 6.07) is 20.2. The van der Waals surface area contributed by atoms with Gasteiger partial charge in [-0.3, -0.25) is 9.59 Å². The molecule has 38 heavy (non-hydrogen) atoms. The zero-order valence-corrected chi connectivity index (χ0v) is 21.7. The molecule has 0 unspecified atom stereocenters. The highest BCUT2D eigenvalue weighted by Gasteiger charge is 2.38. The number of aromatic carboxylic acids is 1. The van der Waals surface area contributed by atoms with Crippen LogP contribution >= 0.6 is 0 Å². The van der Waals surface area contributed by atoms with Gasteiger partial charge in [-0.25, -0.2) is 4.79 Å². The third-order valence-electron chi connectivity index (χ3n) is 7.77. The van der Waals surface area contributed by atoms with Crippen molar-refractivity contribution in [2.24, 2.45) is 11.8 Å². The molecule has 0 aromatic heterocycles. The molecule has 2 fully saturated rings. The number of amides is 2. The van der Waals surface area contributed by atoms with E-state index in [9.17, 15) is 19.5 Å². The van der Waals surface area contributed by atoms with Gasteiger partial charge < -0.3 is 19.6 Å². The molecule has 0 spiro atoms. The van der Waals surface area contributed by atoms with Gasteiger partial charge >= 0.3 is 5.97 Å². The number of carboxylic acids is 1. The molecule has 196 valence electrons. The number of benzene rings is 3. The van der Waals surface area contributed by atoms with Crippen LogP contribution < -0.4 is 4.74 Å². The van der Waals surface area contributed by atoms with Crippen molar-refractivity contribution in [1.29, 1.82) is 0 Å². The summed E-state index contributed by atoms with van der Waals surface area (Å²) < 4.78 is 6.02. The Morgan fingerprint density at radius 2 is 1.37 bits per heavy atom. The number of carbonyl (C=O) groups is 3. The normalized spacial score (nSPS) is 19.0. The zero-order chi connectivity index (χ0) is 26.8. The number of rotatable bonds is 5. The van der Waals surface area contributed by atoms with Crippen LogP contribution in [0.4, 0.5) is 0 Å². The molecule has 2 saturated heterocycles. The number of carboxylic acid groups (broad SMARTS) is 1. The van der Waals surface area contributed by atoms with Crippen LogP contribution in [-0.2, 0) is 0 Å². The van der Waals surface area contributed by atoms with E-state index in [0.29, 0.717) is 71.8 Å². The lowest BCUT2D eigenvalue weighted by molar-refractivity contribution is 0.0692. The van der Waals surface area contributed by atoms with Gasteiger partial charge in [0.15, 0.2) is 0 Å². The maximum absolute atomic E-state index is 13.5. The van der Waals surface area contributed by atoms with Crippen molar-refractivity contribution in [1.82, 2.24) is 9.80 Å². The van der Waals surface area contributed by atoms with Gasteiger partial charge in [-0.15, -0.1) is 0 Å². The molecular formula is C31H32N2O5. The van der Waals surface area contributed by atoms with Gasteiger partial charge in [0.2, 0.25) is 0 Å². The molecule has 0 radical (unpaired) electrons. The maximum Gasteiger partial charge on any atom is 0.336 e. The second kappa shape index (κ2) is 10.7. The van der Waals surface area contributed by atoms with Crippen LogP contribution in [0.15, 0.2) is 66.7 Å². The largest absolute Gasteiger partial charge is 0.478 e. The second-order valence-corrected chi connectivity index (χ2v) is 10.3. The first-order chi connectivity index (χ1) is 18.3.